The Labute approximate surface area is 82.9 Å². The van der Waals surface area contributed by atoms with Crippen molar-refractivity contribution in [3.8, 4) is 0 Å². The van der Waals surface area contributed by atoms with Crippen LogP contribution in [0.5, 0.6) is 0 Å². The zero-order chi connectivity index (χ0) is 10.4. The van der Waals surface area contributed by atoms with E-state index in [0.717, 1.165) is 12.2 Å². The average molecular weight is 197 g/mol. The SMILES string of the molecule is Cc1ccc(C(=O)NCCCCO)o1. The number of hydrogen-bond donors (Lipinski definition) is 2. The molecule has 0 bridgehead atoms. The lowest BCUT2D eigenvalue weighted by Gasteiger charge is -2.01. The monoisotopic (exact) mass is 197 g/mol. The summed E-state index contributed by atoms with van der Waals surface area (Å²) < 4.78 is 5.14. The predicted octanol–water partition coefficient (Wildman–Crippen LogP) is 1.09. The summed E-state index contributed by atoms with van der Waals surface area (Å²) in [6, 6.07) is 3.40. The number of unbranched alkanes of at least 4 members (excludes halogenated alkanes) is 1. The Morgan fingerprint density at radius 3 is 2.86 bits per heavy atom. The molecule has 0 radical (unpaired) electrons. The van der Waals surface area contributed by atoms with Crippen molar-refractivity contribution in [1.82, 2.24) is 5.32 Å². The van der Waals surface area contributed by atoms with Gasteiger partial charge in [-0.1, -0.05) is 0 Å². The molecule has 0 aliphatic carbocycles. The van der Waals surface area contributed by atoms with Gasteiger partial charge in [0.25, 0.3) is 5.91 Å². The molecular weight excluding hydrogens is 182 g/mol. The number of furan rings is 1. The summed E-state index contributed by atoms with van der Waals surface area (Å²) in [5, 5.41) is 11.2. The van der Waals surface area contributed by atoms with E-state index in [9.17, 15) is 4.79 Å². The Kier molecular flexibility index (Phi) is 4.19. The number of hydrogen-bond acceptors (Lipinski definition) is 3. The van der Waals surface area contributed by atoms with Gasteiger partial charge in [0.05, 0.1) is 0 Å². The summed E-state index contributed by atoms with van der Waals surface area (Å²) in [5.74, 6) is 0.869. The first-order valence-electron chi connectivity index (χ1n) is 4.69. The van der Waals surface area contributed by atoms with E-state index in [1.807, 2.05) is 0 Å². The first kappa shape index (κ1) is 10.8. The molecule has 0 aliphatic heterocycles. The molecule has 0 saturated carbocycles. The van der Waals surface area contributed by atoms with Gasteiger partial charge in [0.1, 0.15) is 5.76 Å². The molecule has 4 heteroatoms. The van der Waals surface area contributed by atoms with Crippen LogP contribution in [0, 0.1) is 6.92 Å². The number of aryl methyl sites for hydroxylation is 1. The van der Waals surface area contributed by atoms with E-state index >= 15 is 0 Å². The summed E-state index contributed by atoms with van der Waals surface area (Å²) in [7, 11) is 0. The van der Waals surface area contributed by atoms with Gasteiger partial charge in [-0.15, -0.1) is 0 Å². The fourth-order valence-electron chi connectivity index (χ4n) is 1.08. The molecule has 0 fully saturated rings. The van der Waals surface area contributed by atoms with E-state index in [0.29, 0.717) is 18.7 Å². The molecule has 0 saturated heterocycles. The summed E-state index contributed by atoms with van der Waals surface area (Å²) in [6.45, 7) is 2.53. The molecule has 0 atom stereocenters. The van der Waals surface area contributed by atoms with Crippen LogP contribution in [0.25, 0.3) is 0 Å². The normalized spacial score (nSPS) is 10.1. The molecule has 1 aromatic heterocycles. The minimum atomic E-state index is -0.198. The number of nitrogens with one attached hydrogen (secondary N) is 1. The maximum absolute atomic E-state index is 11.4. The first-order valence-corrected chi connectivity index (χ1v) is 4.69. The van der Waals surface area contributed by atoms with Crippen LogP contribution in [0.1, 0.15) is 29.2 Å². The lowest BCUT2D eigenvalue weighted by Crippen LogP contribution is -2.24. The summed E-state index contributed by atoms with van der Waals surface area (Å²) in [6.07, 6.45) is 1.49. The largest absolute Gasteiger partial charge is 0.456 e. The third-order valence-corrected chi connectivity index (χ3v) is 1.83. The van der Waals surface area contributed by atoms with E-state index in [1.54, 1.807) is 19.1 Å². The smallest absolute Gasteiger partial charge is 0.286 e. The Morgan fingerprint density at radius 1 is 1.50 bits per heavy atom. The van der Waals surface area contributed by atoms with E-state index < -0.39 is 0 Å². The summed E-state index contributed by atoms with van der Waals surface area (Å²) in [4.78, 5) is 11.4. The third kappa shape index (κ3) is 3.22. The lowest BCUT2D eigenvalue weighted by molar-refractivity contribution is 0.0923. The van der Waals surface area contributed by atoms with Crippen LogP contribution in [0.4, 0.5) is 0 Å². The number of amides is 1. The second-order valence-electron chi connectivity index (χ2n) is 3.10. The van der Waals surface area contributed by atoms with Gasteiger partial charge in [0, 0.05) is 13.2 Å². The molecule has 14 heavy (non-hydrogen) atoms. The standard InChI is InChI=1S/C10H15NO3/c1-8-4-5-9(14-8)10(13)11-6-2-3-7-12/h4-5,12H,2-3,6-7H2,1H3,(H,11,13). The summed E-state index contributed by atoms with van der Waals surface area (Å²) in [5.41, 5.74) is 0. The maximum Gasteiger partial charge on any atom is 0.286 e. The number of aliphatic hydroxyl groups is 1. The molecule has 2 N–H and O–H groups in total. The van der Waals surface area contributed by atoms with E-state index in [-0.39, 0.29) is 12.5 Å². The zero-order valence-electron chi connectivity index (χ0n) is 8.25. The van der Waals surface area contributed by atoms with Crippen LogP contribution in [-0.4, -0.2) is 24.2 Å². The molecule has 0 spiro atoms. The molecule has 1 heterocycles. The van der Waals surface area contributed by atoms with E-state index in [1.165, 1.54) is 0 Å². The van der Waals surface area contributed by atoms with Gasteiger partial charge in [0.2, 0.25) is 0 Å². The number of rotatable bonds is 5. The van der Waals surface area contributed by atoms with Crippen LogP contribution >= 0.6 is 0 Å². The van der Waals surface area contributed by atoms with Crippen molar-refractivity contribution in [3.63, 3.8) is 0 Å². The second kappa shape index (κ2) is 5.44. The third-order valence-electron chi connectivity index (χ3n) is 1.83. The van der Waals surface area contributed by atoms with Gasteiger partial charge in [-0.05, 0) is 31.9 Å². The van der Waals surface area contributed by atoms with Crippen molar-refractivity contribution in [2.75, 3.05) is 13.2 Å². The Balaban J connectivity index is 2.29. The predicted molar refractivity (Wildman–Crippen MR) is 52.1 cm³/mol. The van der Waals surface area contributed by atoms with Gasteiger partial charge in [-0.25, -0.2) is 0 Å². The quantitative estimate of drug-likeness (QED) is 0.694. The van der Waals surface area contributed by atoms with Crippen molar-refractivity contribution in [2.24, 2.45) is 0 Å². The van der Waals surface area contributed by atoms with Crippen LogP contribution in [-0.2, 0) is 0 Å². The fourth-order valence-corrected chi connectivity index (χ4v) is 1.08. The number of carbonyl (C=O) groups is 1. The number of aliphatic hydroxyl groups excluding tert-OH is 1. The Bertz CT molecular complexity index is 293. The van der Waals surface area contributed by atoms with Gasteiger partial charge in [0.15, 0.2) is 5.76 Å². The zero-order valence-corrected chi connectivity index (χ0v) is 8.25. The molecule has 78 valence electrons. The van der Waals surface area contributed by atoms with Crippen LogP contribution in [0.3, 0.4) is 0 Å². The second-order valence-corrected chi connectivity index (χ2v) is 3.10. The maximum atomic E-state index is 11.4. The van der Waals surface area contributed by atoms with Crippen molar-refractivity contribution in [3.05, 3.63) is 23.7 Å². The minimum absolute atomic E-state index is 0.162. The number of carbonyl (C=O) groups excluding carboxylic acids is 1. The van der Waals surface area contributed by atoms with E-state index in [2.05, 4.69) is 5.32 Å². The van der Waals surface area contributed by atoms with Crippen molar-refractivity contribution < 1.29 is 14.3 Å². The molecular formula is C10H15NO3. The first-order chi connectivity index (χ1) is 6.74. The molecule has 0 aliphatic rings. The van der Waals surface area contributed by atoms with Crippen LogP contribution in [0.15, 0.2) is 16.5 Å². The highest BCUT2D eigenvalue weighted by molar-refractivity contribution is 5.91. The topological polar surface area (TPSA) is 62.5 Å². The van der Waals surface area contributed by atoms with Crippen molar-refractivity contribution in [2.45, 2.75) is 19.8 Å². The molecule has 1 amide bonds. The van der Waals surface area contributed by atoms with Gasteiger partial charge < -0.3 is 14.8 Å². The molecule has 1 rings (SSSR count). The van der Waals surface area contributed by atoms with Gasteiger partial charge in [-0.3, -0.25) is 4.79 Å². The van der Waals surface area contributed by atoms with Gasteiger partial charge >= 0.3 is 0 Å². The fraction of sp³-hybridized carbons (Fsp3) is 0.500. The molecule has 1 aromatic rings. The Morgan fingerprint density at radius 2 is 2.29 bits per heavy atom. The van der Waals surface area contributed by atoms with Crippen LogP contribution in [0.2, 0.25) is 0 Å². The van der Waals surface area contributed by atoms with Crippen molar-refractivity contribution in [1.29, 1.82) is 0 Å². The molecule has 0 unspecified atom stereocenters. The van der Waals surface area contributed by atoms with Gasteiger partial charge in [-0.2, -0.15) is 0 Å². The minimum Gasteiger partial charge on any atom is -0.456 e. The van der Waals surface area contributed by atoms with Crippen molar-refractivity contribution >= 4 is 5.91 Å². The lowest BCUT2D eigenvalue weighted by atomic mass is 10.3. The highest BCUT2D eigenvalue weighted by Crippen LogP contribution is 2.05. The molecule has 0 aromatic carbocycles. The Hall–Kier alpha value is -1.29. The van der Waals surface area contributed by atoms with Crippen LogP contribution < -0.4 is 5.32 Å². The van der Waals surface area contributed by atoms with E-state index in [4.69, 9.17) is 9.52 Å². The average Bonchev–Trinajstić information content (AvgIpc) is 2.59. The highest BCUT2D eigenvalue weighted by atomic mass is 16.3. The molecule has 4 nitrogen and oxygen atoms in total. The summed E-state index contributed by atoms with van der Waals surface area (Å²) >= 11 is 0. The highest BCUT2D eigenvalue weighted by Gasteiger charge is 2.07.